The Labute approximate surface area is 76.0 Å². The largest absolute Gasteiger partial charge is 0.545 e. The zero-order valence-electron chi connectivity index (χ0n) is 6.93. The Morgan fingerprint density at radius 1 is 1.38 bits per heavy atom. The van der Waals surface area contributed by atoms with E-state index in [1.807, 2.05) is 0 Å². The van der Waals surface area contributed by atoms with Crippen LogP contribution in [0.2, 0.25) is 0 Å². The quantitative estimate of drug-likeness (QED) is 0.658. The summed E-state index contributed by atoms with van der Waals surface area (Å²) in [7, 11) is 0. The van der Waals surface area contributed by atoms with Gasteiger partial charge in [0.15, 0.2) is 0 Å². The van der Waals surface area contributed by atoms with Crippen LogP contribution in [0.25, 0.3) is 6.08 Å². The molecule has 3 heteroatoms. The van der Waals surface area contributed by atoms with Crippen molar-refractivity contribution in [3.05, 3.63) is 41.5 Å². The highest BCUT2D eigenvalue weighted by molar-refractivity contribution is 5.83. The molecule has 0 atom stereocenters. The molecule has 1 aromatic carbocycles. The van der Waals surface area contributed by atoms with E-state index in [0.29, 0.717) is 0 Å². The van der Waals surface area contributed by atoms with Crippen LogP contribution in [0.1, 0.15) is 11.1 Å². The maximum atomic E-state index is 10.1. The highest BCUT2D eigenvalue weighted by Gasteiger charge is 1.88. The number of carbonyl (C=O) groups excluding carboxylic acids is 1. The molecule has 0 saturated heterocycles. The predicted octanol–water partition coefficient (Wildman–Crippen LogP) is -0.0580. The number of benzene rings is 1. The first-order valence-electron chi connectivity index (χ1n) is 3.81. The second-order valence-corrected chi connectivity index (χ2v) is 2.55. The molecule has 13 heavy (non-hydrogen) atoms. The van der Waals surface area contributed by atoms with E-state index in [0.717, 1.165) is 17.2 Å². The summed E-state index contributed by atoms with van der Waals surface area (Å²) in [6, 6.07) is 6.92. The number of aliphatic carboxylic acids is 1. The average Bonchev–Trinajstić information content (AvgIpc) is 2.15. The molecule has 0 aliphatic carbocycles. The SMILES string of the molecule is O=C([O-])/C=C/c1ccc(CO)cc1. The van der Waals surface area contributed by atoms with Crippen molar-refractivity contribution in [3.63, 3.8) is 0 Å². The number of carboxylic acids is 1. The van der Waals surface area contributed by atoms with Gasteiger partial charge in [-0.3, -0.25) is 0 Å². The Morgan fingerprint density at radius 2 is 2.00 bits per heavy atom. The fraction of sp³-hybridized carbons (Fsp3) is 0.100. The molecule has 0 amide bonds. The number of carboxylic acid groups (broad SMARTS) is 1. The van der Waals surface area contributed by atoms with E-state index in [1.54, 1.807) is 24.3 Å². The van der Waals surface area contributed by atoms with Crippen LogP contribution in [0.5, 0.6) is 0 Å². The van der Waals surface area contributed by atoms with Crippen molar-refractivity contribution in [2.24, 2.45) is 0 Å². The van der Waals surface area contributed by atoms with Crippen molar-refractivity contribution in [3.8, 4) is 0 Å². The zero-order chi connectivity index (χ0) is 9.68. The third kappa shape index (κ3) is 3.09. The molecule has 0 aliphatic heterocycles. The lowest BCUT2D eigenvalue weighted by Crippen LogP contribution is -2.18. The van der Waals surface area contributed by atoms with Gasteiger partial charge < -0.3 is 15.0 Å². The van der Waals surface area contributed by atoms with E-state index < -0.39 is 5.97 Å². The fourth-order valence-electron chi connectivity index (χ4n) is 0.898. The van der Waals surface area contributed by atoms with E-state index in [4.69, 9.17) is 5.11 Å². The van der Waals surface area contributed by atoms with Crippen molar-refractivity contribution in [1.82, 2.24) is 0 Å². The molecule has 0 bridgehead atoms. The lowest BCUT2D eigenvalue weighted by molar-refractivity contribution is -0.297. The van der Waals surface area contributed by atoms with E-state index in [9.17, 15) is 9.90 Å². The van der Waals surface area contributed by atoms with Crippen LogP contribution in [0.3, 0.4) is 0 Å². The highest BCUT2D eigenvalue weighted by atomic mass is 16.4. The minimum absolute atomic E-state index is 0.00944. The van der Waals surface area contributed by atoms with Crippen LogP contribution in [0, 0.1) is 0 Å². The van der Waals surface area contributed by atoms with Crippen LogP contribution in [0.15, 0.2) is 30.3 Å². The van der Waals surface area contributed by atoms with Gasteiger partial charge in [0, 0.05) is 0 Å². The Morgan fingerprint density at radius 3 is 2.46 bits per heavy atom. The smallest absolute Gasteiger partial charge is 0.0681 e. The first kappa shape index (κ1) is 9.48. The molecular formula is C10H9O3-. The second-order valence-electron chi connectivity index (χ2n) is 2.55. The standard InChI is InChI=1S/C10H10O3/c11-7-9-3-1-8(2-4-9)5-6-10(12)13/h1-6,11H,7H2,(H,12,13)/p-1/b6-5+. The summed E-state index contributed by atoms with van der Waals surface area (Å²) >= 11 is 0. The molecule has 0 heterocycles. The van der Waals surface area contributed by atoms with Gasteiger partial charge in [-0.05, 0) is 17.2 Å². The van der Waals surface area contributed by atoms with Crippen molar-refractivity contribution < 1.29 is 15.0 Å². The van der Waals surface area contributed by atoms with Gasteiger partial charge in [0.25, 0.3) is 0 Å². The topological polar surface area (TPSA) is 60.4 Å². The van der Waals surface area contributed by atoms with Crippen LogP contribution in [0.4, 0.5) is 0 Å². The van der Waals surface area contributed by atoms with Crippen LogP contribution in [-0.4, -0.2) is 11.1 Å². The number of carbonyl (C=O) groups is 1. The van der Waals surface area contributed by atoms with Crippen molar-refractivity contribution in [1.29, 1.82) is 0 Å². The molecule has 0 fully saturated rings. The Hall–Kier alpha value is -1.61. The van der Waals surface area contributed by atoms with E-state index in [-0.39, 0.29) is 6.61 Å². The third-order valence-electron chi connectivity index (χ3n) is 1.57. The van der Waals surface area contributed by atoms with E-state index >= 15 is 0 Å². The van der Waals surface area contributed by atoms with Crippen LogP contribution < -0.4 is 5.11 Å². The highest BCUT2D eigenvalue weighted by Crippen LogP contribution is 2.05. The monoisotopic (exact) mass is 177 g/mol. The van der Waals surface area contributed by atoms with Gasteiger partial charge >= 0.3 is 0 Å². The molecule has 1 N–H and O–H groups in total. The first-order valence-corrected chi connectivity index (χ1v) is 3.81. The zero-order valence-corrected chi connectivity index (χ0v) is 6.93. The summed E-state index contributed by atoms with van der Waals surface area (Å²) in [6.45, 7) is -0.00944. The normalized spacial score (nSPS) is 10.5. The first-order chi connectivity index (χ1) is 6.22. The molecule has 0 aromatic heterocycles. The summed E-state index contributed by atoms with van der Waals surface area (Å²) in [5.41, 5.74) is 1.56. The number of aliphatic hydroxyl groups excluding tert-OH is 1. The van der Waals surface area contributed by atoms with Crippen molar-refractivity contribution in [2.75, 3.05) is 0 Å². The molecule has 1 rings (SSSR count). The third-order valence-corrected chi connectivity index (χ3v) is 1.57. The van der Waals surface area contributed by atoms with Gasteiger partial charge in [-0.25, -0.2) is 0 Å². The van der Waals surface area contributed by atoms with Gasteiger partial charge in [-0.15, -0.1) is 0 Å². The van der Waals surface area contributed by atoms with E-state index in [1.165, 1.54) is 6.08 Å². The molecular weight excluding hydrogens is 168 g/mol. The van der Waals surface area contributed by atoms with Crippen molar-refractivity contribution in [2.45, 2.75) is 6.61 Å². The summed E-state index contributed by atoms with van der Waals surface area (Å²) in [4.78, 5) is 10.1. The number of rotatable bonds is 3. The Kier molecular flexibility index (Phi) is 3.23. The number of aliphatic hydroxyl groups is 1. The number of hydrogen-bond donors (Lipinski definition) is 1. The second kappa shape index (κ2) is 4.42. The summed E-state index contributed by atoms with van der Waals surface area (Å²) in [5, 5.41) is 18.8. The molecule has 3 nitrogen and oxygen atoms in total. The Bertz CT molecular complexity index is 311. The van der Waals surface area contributed by atoms with Gasteiger partial charge in [0.2, 0.25) is 0 Å². The molecule has 0 unspecified atom stereocenters. The predicted molar refractivity (Wildman–Crippen MR) is 46.4 cm³/mol. The lowest BCUT2D eigenvalue weighted by Gasteiger charge is -1.97. The van der Waals surface area contributed by atoms with Gasteiger partial charge in [0.1, 0.15) is 0 Å². The fourth-order valence-corrected chi connectivity index (χ4v) is 0.898. The molecule has 0 radical (unpaired) electrons. The van der Waals surface area contributed by atoms with Gasteiger partial charge in [-0.1, -0.05) is 30.3 Å². The molecule has 1 aromatic rings. The summed E-state index contributed by atoms with van der Waals surface area (Å²) in [6.07, 6.45) is 2.41. The van der Waals surface area contributed by atoms with E-state index in [2.05, 4.69) is 0 Å². The van der Waals surface area contributed by atoms with Gasteiger partial charge in [0.05, 0.1) is 12.6 Å². The van der Waals surface area contributed by atoms with Crippen molar-refractivity contribution >= 4 is 12.0 Å². The number of hydrogen-bond acceptors (Lipinski definition) is 3. The summed E-state index contributed by atoms with van der Waals surface area (Å²) < 4.78 is 0. The van der Waals surface area contributed by atoms with Crippen LogP contribution >= 0.6 is 0 Å². The van der Waals surface area contributed by atoms with Gasteiger partial charge in [-0.2, -0.15) is 0 Å². The molecule has 0 aliphatic rings. The molecule has 68 valence electrons. The molecule has 0 saturated carbocycles. The molecule has 0 spiro atoms. The summed E-state index contributed by atoms with van der Waals surface area (Å²) in [5.74, 6) is -1.22. The van der Waals surface area contributed by atoms with Crippen LogP contribution in [-0.2, 0) is 11.4 Å². The Balaban J connectivity index is 2.75. The average molecular weight is 177 g/mol. The lowest BCUT2D eigenvalue weighted by atomic mass is 10.1. The maximum Gasteiger partial charge on any atom is 0.0681 e. The minimum Gasteiger partial charge on any atom is -0.545 e. The minimum atomic E-state index is -1.22. The maximum absolute atomic E-state index is 10.1.